The highest BCUT2D eigenvalue weighted by Crippen LogP contribution is 2.32. The normalized spacial score (nSPS) is 21.2. The van der Waals surface area contributed by atoms with Crippen molar-refractivity contribution in [2.24, 2.45) is 11.8 Å². The number of carbonyl (C=O) groups is 2. The van der Waals surface area contributed by atoms with Gasteiger partial charge in [0.2, 0.25) is 5.91 Å². The van der Waals surface area contributed by atoms with Crippen LogP contribution in [0.3, 0.4) is 0 Å². The molecule has 0 aromatic heterocycles. The highest BCUT2D eigenvalue weighted by Gasteiger charge is 2.36. The minimum atomic E-state index is -0.109. The number of benzene rings is 1. The molecule has 0 spiro atoms. The molecule has 5 heteroatoms. The fourth-order valence-corrected chi connectivity index (χ4v) is 4.27. The van der Waals surface area contributed by atoms with Crippen molar-refractivity contribution in [3.63, 3.8) is 0 Å². The Balaban J connectivity index is 1.29. The van der Waals surface area contributed by atoms with Crippen LogP contribution in [0.1, 0.15) is 50.5 Å². The molecule has 1 aliphatic carbocycles. The molecule has 2 saturated heterocycles. The minimum absolute atomic E-state index is 0.0737. The van der Waals surface area contributed by atoms with E-state index in [4.69, 9.17) is 4.74 Å². The van der Waals surface area contributed by atoms with Crippen molar-refractivity contribution in [2.45, 2.75) is 51.6 Å². The predicted octanol–water partition coefficient (Wildman–Crippen LogP) is 3.37. The standard InChI is InChI=1S/C22H30N2O3/c25-21(17-8-9-17)24-14-10-18(11-15-24)22(26)27-16-19-6-2-3-7-20(19)23-12-4-1-5-13-23/h2-3,6-7,17-18H,1,4-5,8-16H2. The molecule has 27 heavy (non-hydrogen) atoms. The van der Waals surface area contributed by atoms with E-state index >= 15 is 0 Å². The van der Waals surface area contributed by atoms with E-state index in [1.165, 1.54) is 24.9 Å². The largest absolute Gasteiger partial charge is 0.461 e. The first-order chi connectivity index (χ1) is 13.2. The highest BCUT2D eigenvalue weighted by atomic mass is 16.5. The van der Waals surface area contributed by atoms with Gasteiger partial charge in [0.25, 0.3) is 0 Å². The lowest BCUT2D eigenvalue weighted by Crippen LogP contribution is -2.41. The van der Waals surface area contributed by atoms with Gasteiger partial charge >= 0.3 is 5.97 Å². The molecule has 2 aliphatic heterocycles. The second-order valence-electron chi connectivity index (χ2n) is 8.16. The topological polar surface area (TPSA) is 49.9 Å². The maximum absolute atomic E-state index is 12.5. The first-order valence-corrected chi connectivity index (χ1v) is 10.5. The van der Waals surface area contributed by atoms with Crippen molar-refractivity contribution in [3.05, 3.63) is 29.8 Å². The first-order valence-electron chi connectivity index (χ1n) is 10.5. The van der Waals surface area contributed by atoms with Crippen molar-refractivity contribution in [2.75, 3.05) is 31.1 Å². The molecule has 1 saturated carbocycles. The van der Waals surface area contributed by atoms with E-state index in [9.17, 15) is 9.59 Å². The number of likely N-dealkylation sites (tertiary alicyclic amines) is 1. The Kier molecular flexibility index (Phi) is 5.65. The zero-order chi connectivity index (χ0) is 18.6. The first kappa shape index (κ1) is 18.3. The molecule has 3 fully saturated rings. The lowest BCUT2D eigenvalue weighted by Gasteiger charge is -2.32. The van der Waals surface area contributed by atoms with E-state index in [-0.39, 0.29) is 23.7 Å². The van der Waals surface area contributed by atoms with Gasteiger partial charge in [0.1, 0.15) is 6.61 Å². The van der Waals surface area contributed by atoms with E-state index < -0.39 is 0 Å². The van der Waals surface area contributed by atoms with Gasteiger partial charge in [0.05, 0.1) is 5.92 Å². The van der Waals surface area contributed by atoms with Crippen LogP contribution < -0.4 is 4.90 Å². The SMILES string of the molecule is O=C(OCc1ccccc1N1CCCCC1)C1CCN(C(=O)C2CC2)CC1. The van der Waals surface area contributed by atoms with Gasteiger partial charge in [-0.15, -0.1) is 0 Å². The summed E-state index contributed by atoms with van der Waals surface area (Å²) in [7, 11) is 0. The lowest BCUT2D eigenvalue weighted by atomic mass is 9.96. The van der Waals surface area contributed by atoms with Crippen LogP contribution in [0.2, 0.25) is 0 Å². The smallest absolute Gasteiger partial charge is 0.309 e. The molecular formula is C22H30N2O3. The molecule has 1 aromatic rings. The van der Waals surface area contributed by atoms with E-state index in [0.29, 0.717) is 19.7 Å². The average molecular weight is 370 g/mol. The van der Waals surface area contributed by atoms with E-state index in [0.717, 1.165) is 44.3 Å². The zero-order valence-electron chi connectivity index (χ0n) is 16.1. The summed E-state index contributed by atoms with van der Waals surface area (Å²) in [5.74, 6) is 0.370. The van der Waals surface area contributed by atoms with Gasteiger partial charge in [-0.2, -0.15) is 0 Å². The summed E-state index contributed by atoms with van der Waals surface area (Å²) in [5, 5.41) is 0. The third-order valence-electron chi connectivity index (χ3n) is 6.12. The molecule has 0 N–H and O–H groups in total. The number of hydrogen-bond donors (Lipinski definition) is 0. The molecule has 3 aliphatic rings. The summed E-state index contributed by atoms with van der Waals surface area (Å²) in [6.07, 6.45) is 7.29. The predicted molar refractivity (Wildman–Crippen MR) is 104 cm³/mol. The molecule has 0 radical (unpaired) electrons. The molecule has 146 valence electrons. The number of para-hydroxylation sites is 1. The van der Waals surface area contributed by atoms with Crippen molar-refractivity contribution in [1.82, 2.24) is 4.90 Å². The number of nitrogens with zero attached hydrogens (tertiary/aromatic N) is 2. The Bertz CT molecular complexity index is 672. The molecule has 5 nitrogen and oxygen atoms in total. The third kappa shape index (κ3) is 4.45. The third-order valence-corrected chi connectivity index (χ3v) is 6.12. The maximum atomic E-state index is 12.5. The van der Waals surface area contributed by atoms with Crippen LogP contribution in [-0.4, -0.2) is 43.0 Å². The van der Waals surface area contributed by atoms with Crippen LogP contribution in [0.25, 0.3) is 0 Å². The molecule has 0 atom stereocenters. The van der Waals surface area contributed by atoms with Gasteiger partial charge in [-0.25, -0.2) is 0 Å². The maximum Gasteiger partial charge on any atom is 0.309 e. The summed E-state index contributed by atoms with van der Waals surface area (Å²) >= 11 is 0. The molecule has 2 heterocycles. The number of anilines is 1. The number of hydrogen-bond acceptors (Lipinski definition) is 4. The fraction of sp³-hybridized carbons (Fsp3) is 0.636. The zero-order valence-corrected chi connectivity index (χ0v) is 16.1. The van der Waals surface area contributed by atoms with Gasteiger partial charge < -0.3 is 14.5 Å². The number of rotatable bonds is 5. The molecule has 0 unspecified atom stereocenters. The molecule has 4 rings (SSSR count). The van der Waals surface area contributed by atoms with Crippen LogP contribution in [0, 0.1) is 11.8 Å². The average Bonchev–Trinajstić information content (AvgIpc) is 3.58. The number of ether oxygens (including phenoxy) is 1. The van der Waals surface area contributed by atoms with Crippen molar-refractivity contribution < 1.29 is 14.3 Å². The Morgan fingerprint density at radius 1 is 0.889 bits per heavy atom. The Hall–Kier alpha value is -2.04. The van der Waals surface area contributed by atoms with Crippen molar-refractivity contribution >= 4 is 17.6 Å². The second kappa shape index (κ2) is 8.32. The van der Waals surface area contributed by atoms with Gasteiger partial charge in [-0.1, -0.05) is 18.2 Å². The number of carbonyl (C=O) groups excluding carboxylic acids is 2. The Morgan fingerprint density at radius 3 is 2.30 bits per heavy atom. The number of esters is 1. The van der Waals surface area contributed by atoms with Crippen LogP contribution >= 0.6 is 0 Å². The summed E-state index contributed by atoms with van der Waals surface area (Å²) < 4.78 is 5.69. The van der Waals surface area contributed by atoms with Gasteiger partial charge in [-0.3, -0.25) is 9.59 Å². The van der Waals surface area contributed by atoms with Crippen molar-refractivity contribution in [3.8, 4) is 0 Å². The Morgan fingerprint density at radius 2 is 1.59 bits per heavy atom. The quantitative estimate of drug-likeness (QED) is 0.746. The minimum Gasteiger partial charge on any atom is -0.461 e. The highest BCUT2D eigenvalue weighted by molar-refractivity contribution is 5.81. The second-order valence-corrected chi connectivity index (χ2v) is 8.16. The fourth-order valence-electron chi connectivity index (χ4n) is 4.27. The van der Waals surface area contributed by atoms with Crippen molar-refractivity contribution in [1.29, 1.82) is 0 Å². The van der Waals surface area contributed by atoms with Crippen LogP contribution in [-0.2, 0) is 20.9 Å². The van der Waals surface area contributed by atoms with Crippen LogP contribution in [0.15, 0.2) is 24.3 Å². The summed E-state index contributed by atoms with van der Waals surface area (Å²) in [6.45, 7) is 3.89. The van der Waals surface area contributed by atoms with Crippen LogP contribution in [0.5, 0.6) is 0 Å². The summed E-state index contributed by atoms with van der Waals surface area (Å²) in [6, 6.07) is 8.27. The summed E-state index contributed by atoms with van der Waals surface area (Å²) in [5.41, 5.74) is 2.30. The van der Waals surface area contributed by atoms with Gasteiger partial charge in [0, 0.05) is 43.3 Å². The molecule has 1 amide bonds. The van der Waals surface area contributed by atoms with Crippen LogP contribution in [0.4, 0.5) is 5.69 Å². The van der Waals surface area contributed by atoms with Gasteiger partial charge in [-0.05, 0) is 51.0 Å². The van der Waals surface area contributed by atoms with E-state index in [1.54, 1.807) is 0 Å². The number of piperidine rings is 2. The monoisotopic (exact) mass is 370 g/mol. The van der Waals surface area contributed by atoms with Gasteiger partial charge in [0.15, 0.2) is 0 Å². The lowest BCUT2D eigenvalue weighted by molar-refractivity contribution is -0.153. The molecular weight excluding hydrogens is 340 g/mol. The van der Waals surface area contributed by atoms with E-state index in [1.807, 2.05) is 11.0 Å². The number of amides is 1. The Labute approximate surface area is 161 Å². The molecule has 1 aromatic carbocycles. The summed E-state index contributed by atoms with van der Waals surface area (Å²) in [4.78, 5) is 29.0. The van der Waals surface area contributed by atoms with E-state index in [2.05, 4.69) is 23.1 Å². The molecule has 0 bridgehead atoms.